The average Bonchev–Trinajstić information content (AvgIpc) is 3.85. The van der Waals surface area contributed by atoms with E-state index < -0.39 is 73.2 Å². The minimum atomic E-state index is -1.90. The van der Waals surface area contributed by atoms with E-state index in [1.54, 1.807) is 19.2 Å². The van der Waals surface area contributed by atoms with Crippen LogP contribution in [0, 0.1) is 5.92 Å². The van der Waals surface area contributed by atoms with Crippen molar-refractivity contribution in [2.45, 2.75) is 107 Å². The van der Waals surface area contributed by atoms with Crippen LogP contribution in [0.3, 0.4) is 0 Å². The van der Waals surface area contributed by atoms with Gasteiger partial charge in [0.15, 0.2) is 29.1 Å². The van der Waals surface area contributed by atoms with Gasteiger partial charge in [-0.15, -0.1) is 0 Å². The van der Waals surface area contributed by atoms with E-state index in [2.05, 4.69) is 19.2 Å². The van der Waals surface area contributed by atoms with Crippen LogP contribution < -0.4 is 34.9 Å². The molecule has 17 nitrogen and oxygen atoms in total. The van der Waals surface area contributed by atoms with Crippen molar-refractivity contribution in [2.24, 2.45) is 11.7 Å². The maximum atomic E-state index is 12.2. The number of rotatable bonds is 13. The molecule has 1 saturated heterocycles. The van der Waals surface area contributed by atoms with E-state index >= 15 is 0 Å². The van der Waals surface area contributed by atoms with E-state index in [4.69, 9.17) is 53.8 Å². The summed E-state index contributed by atoms with van der Waals surface area (Å²) in [5, 5.41) is 46.6. The highest BCUT2D eigenvalue weighted by atomic mass is 17.2. The summed E-state index contributed by atoms with van der Waals surface area (Å²) in [5.74, 6) is 0.219. The molecule has 3 aromatic rings. The lowest BCUT2D eigenvalue weighted by Crippen LogP contribution is -2.69. The highest BCUT2D eigenvalue weighted by Crippen LogP contribution is 2.58. The number of carbonyl (C=O) groups excluding carboxylic acids is 1. The van der Waals surface area contributed by atoms with Crippen LogP contribution in [-0.4, -0.2) is 109 Å². The fourth-order valence-corrected chi connectivity index (χ4v) is 9.10. The number of nitrogens with one attached hydrogen (secondary N) is 1. The number of fused-ring (bicyclic) bond motifs is 7. The first-order valence-electron chi connectivity index (χ1n) is 20.8. The summed E-state index contributed by atoms with van der Waals surface area (Å²) in [6, 6.07) is 10.6. The second-order valence-electron chi connectivity index (χ2n) is 16.8. The Morgan fingerprint density at radius 2 is 1.79 bits per heavy atom. The highest BCUT2D eigenvalue weighted by Gasteiger charge is 2.60. The Labute approximate surface area is 352 Å². The van der Waals surface area contributed by atoms with Crippen LogP contribution in [0.25, 0.3) is 0 Å². The Hall–Kier alpha value is -4.88. The minimum absolute atomic E-state index is 0.0155. The number of phenols is 1. The average molecular weight is 851 g/mol. The van der Waals surface area contributed by atoms with Crippen LogP contribution in [0.1, 0.15) is 91.4 Å². The Kier molecular flexibility index (Phi) is 12.3. The Bertz CT molecular complexity index is 2130. The van der Waals surface area contributed by atoms with Crippen molar-refractivity contribution >= 4 is 11.9 Å². The van der Waals surface area contributed by atoms with E-state index in [9.17, 15) is 24.9 Å². The molecule has 0 saturated carbocycles. The number of aryl methyl sites for hydroxylation is 1. The van der Waals surface area contributed by atoms with Gasteiger partial charge < -0.3 is 69.5 Å². The van der Waals surface area contributed by atoms with Crippen molar-refractivity contribution in [3.05, 3.63) is 69.8 Å². The lowest BCUT2D eigenvalue weighted by atomic mass is 9.77. The van der Waals surface area contributed by atoms with Crippen molar-refractivity contribution in [1.82, 2.24) is 5.32 Å². The predicted octanol–water partition coefficient (Wildman–Crippen LogP) is 3.49. The third-order valence-corrected chi connectivity index (χ3v) is 12.1. The first-order chi connectivity index (χ1) is 29.3. The summed E-state index contributed by atoms with van der Waals surface area (Å²) in [7, 11) is 1.73. The van der Waals surface area contributed by atoms with Gasteiger partial charge in [0.1, 0.15) is 54.7 Å². The predicted molar refractivity (Wildman–Crippen MR) is 214 cm³/mol. The number of carboxylic acids is 1. The van der Waals surface area contributed by atoms with Crippen LogP contribution in [0.15, 0.2) is 36.4 Å². The summed E-state index contributed by atoms with van der Waals surface area (Å²) in [5.41, 5.74) is 9.34. The largest absolute Gasteiger partial charge is 0.508 e. The van der Waals surface area contributed by atoms with Crippen LogP contribution in [0.4, 0.5) is 0 Å². The van der Waals surface area contributed by atoms with Gasteiger partial charge in [-0.05, 0) is 80.1 Å². The molecule has 61 heavy (non-hydrogen) atoms. The fraction of sp³-hybridized carbons (Fsp3) is 0.545. The number of aliphatic carboxylic acids is 1. The van der Waals surface area contributed by atoms with Gasteiger partial charge in [-0.3, -0.25) is 9.59 Å². The lowest BCUT2D eigenvalue weighted by molar-refractivity contribution is -0.422. The lowest BCUT2D eigenvalue weighted by Gasteiger charge is -2.50. The molecule has 5 aliphatic heterocycles. The van der Waals surface area contributed by atoms with E-state index in [-0.39, 0.29) is 43.7 Å². The number of hydrogen-bond acceptors (Lipinski definition) is 16. The molecule has 0 bridgehead atoms. The first kappa shape index (κ1) is 42.8. The highest BCUT2D eigenvalue weighted by molar-refractivity contribution is 5.90. The molecule has 0 aromatic heterocycles. The molecule has 0 radical (unpaired) electrons. The number of ether oxygens (including phenoxy) is 7. The number of benzene rings is 3. The van der Waals surface area contributed by atoms with Gasteiger partial charge in [0, 0.05) is 40.8 Å². The molecule has 5 aliphatic rings. The summed E-state index contributed by atoms with van der Waals surface area (Å²) in [6.45, 7) is 6.42. The summed E-state index contributed by atoms with van der Waals surface area (Å²) in [6.07, 6.45) is -6.04. The zero-order valence-corrected chi connectivity index (χ0v) is 34.6. The third kappa shape index (κ3) is 8.27. The summed E-state index contributed by atoms with van der Waals surface area (Å²) >= 11 is 0. The number of aliphatic hydroxyl groups excluding tert-OH is 2. The SMILES string of the molecule is CCc1cc(O)cc([C@@H]2CC[C@]3(OOc4cc5c(cc42)OC[C@@H]2c4cc6c(c(CC(C)C)c4O[C@H]52)OCO6)[C@H](OC[C@H](N)CNC)O[C@H](COC(=O)CC(=O)O)[C@@H](O)[C@@H]3O)c1. The Balaban J connectivity index is 1.19. The monoisotopic (exact) mass is 850 g/mol. The molecule has 9 atom stereocenters. The molecule has 1 fully saturated rings. The molecule has 7 N–H and O–H groups in total. The molecule has 17 heteroatoms. The van der Waals surface area contributed by atoms with Crippen LogP contribution in [0.5, 0.6) is 34.5 Å². The molecule has 0 amide bonds. The molecular weight excluding hydrogens is 796 g/mol. The van der Waals surface area contributed by atoms with Crippen molar-refractivity contribution in [1.29, 1.82) is 0 Å². The van der Waals surface area contributed by atoms with Crippen LogP contribution >= 0.6 is 0 Å². The zero-order chi connectivity index (χ0) is 43.2. The normalized spacial score (nSPS) is 27.6. The molecule has 0 unspecified atom stereocenters. The number of likely N-dealkylation sites (N-methyl/N-ethyl adjacent to an activating group) is 1. The number of aromatic hydroxyl groups is 1. The van der Waals surface area contributed by atoms with Crippen molar-refractivity contribution in [2.75, 3.05) is 40.2 Å². The topological polar surface area (TPSA) is 236 Å². The van der Waals surface area contributed by atoms with Gasteiger partial charge in [-0.25, -0.2) is 0 Å². The van der Waals surface area contributed by atoms with E-state index in [1.165, 1.54) is 0 Å². The van der Waals surface area contributed by atoms with Crippen LogP contribution in [0.2, 0.25) is 0 Å². The molecule has 0 aliphatic carbocycles. The molecule has 8 rings (SSSR count). The molecule has 3 aromatic carbocycles. The van der Waals surface area contributed by atoms with E-state index in [0.717, 1.165) is 28.0 Å². The number of carbonyl (C=O) groups is 2. The third-order valence-electron chi connectivity index (χ3n) is 12.1. The number of phenolic OH excluding ortho intramolecular Hbond substituents is 1. The van der Waals surface area contributed by atoms with Crippen molar-refractivity contribution in [3.63, 3.8) is 0 Å². The number of nitrogens with two attached hydrogens (primary N) is 1. The van der Waals surface area contributed by atoms with Crippen molar-refractivity contribution < 1.29 is 72.9 Å². The molecular formula is C44H54N2O15. The number of hydrogen-bond donors (Lipinski definition) is 6. The quantitative estimate of drug-likeness (QED) is 0.0820. The van der Waals surface area contributed by atoms with Gasteiger partial charge in [0.2, 0.25) is 6.79 Å². The standard InChI is InChI=1S/C44H54N2O15/c1-5-22-9-23(11-25(47)10-22)26-6-7-44(42(52)38(51)35(19-54-37(50)15-36(48)49)58-43(44)55-17-24(45)16-46-4)61-60-33-14-29-32(12-27(26)33)53-18-31-28-13-34-41(57-20-56-34)30(8-21(2)3)39(28)59-40(29)31/h9-14,21,24,26,31,35,38,40,42-43,46-47,51-52H,5-8,15-20,45H2,1-4H3,(H,48,49)/t24-,26+,31-,35-,38-,40-,42+,43-,44-/m1/s1. The second-order valence-corrected chi connectivity index (χ2v) is 16.8. The summed E-state index contributed by atoms with van der Waals surface area (Å²) in [4.78, 5) is 35.9. The molecule has 330 valence electrons. The van der Waals surface area contributed by atoms with Gasteiger partial charge in [-0.2, -0.15) is 4.89 Å². The molecule has 1 spiro atoms. The fourth-order valence-electron chi connectivity index (χ4n) is 9.10. The maximum Gasteiger partial charge on any atom is 0.317 e. The van der Waals surface area contributed by atoms with Crippen LogP contribution in [-0.2, 0) is 41.5 Å². The molecule has 5 heterocycles. The van der Waals surface area contributed by atoms with Gasteiger partial charge in [0.25, 0.3) is 0 Å². The van der Waals surface area contributed by atoms with E-state index in [0.29, 0.717) is 60.3 Å². The Morgan fingerprint density at radius 3 is 2.54 bits per heavy atom. The minimum Gasteiger partial charge on any atom is -0.508 e. The van der Waals surface area contributed by atoms with Gasteiger partial charge in [-0.1, -0.05) is 26.8 Å². The Morgan fingerprint density at radius 1 is 1.00 bits per heavy atom. The number of esters is 1. The summed E-state index contributed by atoms with van der Waals surface area (Å²) < 4.78 is 42.8. The first-order valence-corrected chi connectivity index (χ1v) is 20.8. The second kappa shape index (κ2) is 17.5. The van der Waals surface area contributed by atoms with Gasteiger partial charge >= 0.3 is 11.9 Å². The maximum absolute atomic E-state index is 12.2. The van der Waals surface area contributed by atoms with E-state index in [1.807, 2.05) is 31.2 Å². The van der Waals surface area contributed by atoms with Crippen molar-refractivity contribution in [3.8, 4) is 34.5 Å². The number of carboxylic acid groups (broad SMARTS) is 1. The number of aliphatic hydroxyl groups is 2. The zero-order valence-electron chi connectivity index (χ0n) is 34.6. The van der Waals surface area contributed by atoms with Gasteiger partial charge in [0.05, 0.1) is 19.1 Å². The smallest absolute Gasteiger partial charge is 0.317 e.